The number of hydrazone groups is 1. The van der Waals surface area contributed by atoms with Gasteiger partial charge in [0.05, 0.1) is 19.1 Å². The number of ether oxygens (including phenoxy) is 2. The second-order valence-electron chi connectivity index (χ2n) is 6.22. The fourth-order valence-corrected chi connectivity index (χ4v) is 3.27. The number of carbonyl (C=O) groups excluding carboxylic acids is 2. The summed E-state index contributed by atoms with van der Waals surface area (Å²) in [5.41, 5.74) is 6.91. The largest absolute Gasteiger partial charge is 0.482 e. The number of thioether (sulfide) groups is 1. The summed E-state index contributed by atoms with van der Waals surface area (Å²) < 4.78 is 9.84. The molecule has 0 unspecified atom stereocenters. The standard InChI is InChI=1S/C21H24N2O4S/c1-15-7-16(2)9-18(8-15)13-28-14-20(24)23-22-11-17-5-4-6-19(10-17)27-12-21(25)26-3/h4-11H,12-14H2,1-3H3,(H,23,24)/b22-11-. The minimum Gasteiger partial charge on any atom is -0.482 e. The molecular formula is C21H24N2O4S. The quantitative estimate of drug-likeness (QED) is 0.397. The van der Waals surface area contributed by atoms with E-state index in [2.05, 4.69) is 47.3 Å². The predicted molar refractivity (Wildman–Crippen MR) is 112 cm³/mol. The van der Waals surface area contributed by atoms with Crippen molar-refractivity contribution in [3.8, 4) is 5.75 Å². The smallest absolute Gasteiger partial charge is 0.343 e. The van der Waals surface area contributed by atoms with Crippen molar-refractivity contribution < 1.29 is 19.1 Å². The van der Waals surface area contributed by atoms with E-state index < -0.39 is 5.97 Å². The molecule has 0 spiro atoms. The van der Waals surface area contributed by atoms with Crippen molar-refractivity contribution in [3.05, 3.63) is 64.7 Å². The van der Waals surface area contributed by atoms with Crippen molar-refractivity contribution in [3.63, 3.8) is 0 Å². The fraction of sp³-hybridized carbons (Fsp3) is 0.286. The molecule has 0 bridgehead atoms. The van der Waals surface area contributed by atoms with Crippen LogP contribution < -0.4 is 10.2 Å². The van der Waals surface area contributed by atoms with Gasteiger partial charge in [0.1, 0.15) is 5.75 Å². The van der Waals surface area contributed by atoms with Crippen LogP contribution in [0.1, 0.15) is 22.3 Å². The normalized spacial score (nSPS) is 10.7. The summed E-state index contributed by atoms with van der Waals surface area (Å²) in [5.74, 6) is 1.00. The average molecular weight is 401 g/mol. The second kappa shape index (κ2) is 11.1. The molecule has 0 saturated carbocycles. The lowest BCUT2D eigenvalue weighted by Crippen LogP contribution is -2.19. The van der Waals surface area contributed by atoms with E-state index in [-0.39, 0.29) is 12.5 Å². The van der Waals surface area contributed by atoms with Crippen molar-refractivity contribution in [2.75, 3.05) is 19.5 Å². The van der Waals surface area contributed by atoms with Gasteiger partial charge < -0.3 is 9.47 Å². The Balaban J connectivity index is 1.75. The van der Waals surface area contributed by atoms with Crippen molar-refractivity contribution in [2.24, 2.45) is 5.10 Å². The number of carbonyl (C=O) groups is 2. The highest BCUT2D eigenvalue weighted by Gasteiger charge is 2.03. The first-order valence-electron chi connectivity index (χ1n) is 8.73. The van der Waals surface area contributed by atoms with E-state index in [0.717, 1.165) is 11.3 Å². The SMILES string of the molecule is COC(=O)COc1cccc(/C=N\NC(=O)CSCc2cc(C)cc(C)c2)c1. The van der Waals surface area contributed by atoms with Crippen LogP contribution in [0.3, 0.4) is 0 Å². The molecule has 6 nitrogen and oxygen atoms in total. The molecule has 0 atom stereocenters. The zero-order valence-corrected chi connectivity index (χ0v) is 17.0. The van der Waals surface area contributed by atoms with E-state index >= 15 is 0 Å². The molecule has 0 radical (unpaired) electrons. The summed E-state index contributed by atoms with van der Waals surface area (Å²) in [6.07, 6.45) is 1.53. The Bertz CT molecular complexity index is 832. The molecule has 2 rings (SSSR count). The zero-order valence-electron chi connectivity index (χ0n) is 16.2. The molecule has 28 heavy (non-hydrogen) atoms. The molecule has 2 aromatic rings. The molecule has 0 aliphatic rings. The summed E-state index contributed by atoms with van der Waals surface area (Å²) >= 11 is 1.54. The summed E-state index contributed by atoms with van der Waals surface area (Å²) in [6, 6.07) is 13.4. The molecule has 148 valence electrons. The Morgan fingerprint density at radius 1 is 1.14 bits per heavy atom. The average Bonchev–Trinajstić information content (AvgIpc) is 2.65. The van der Waals surface area contributed by atoms with Gasteiger partial charge in [0.2, 0.25) is 5.91 Å². The Labute approximate surface area is 169 Å². The van der Waals surface area contributed by atoms with Crippen LogP contribution in [0.2, 0.25) is 0 Å². The molecule has 2 aromatic carbocycles. The number of rotatable bonds is 9. The van der Waals surface area contributed by atoms with Gasteiger partial charge in [0, 0.05) is 5.75 Å². The maximum absolute atomic E-state index is 11.9. The first kappa shape index (κ1) is 21.5. The number of amides is 1. The fourth-order valence-electron chi connectivity index (χ4n) is 2.51. The minimum absolute atomic E-state index is 0.161. The molecule has 0 aliphatic heterocycles. The third kappa shape index (κ3) is 7.84. The number of aryl methyl sites for hydroxylation is 2. The van der Waals surface area contributed by atoms with Crippen LogP contribution >= 0.6 is 11.8 Å². The van der Waals surface area contributed by atoms with Crippen LogP contribution in [0, 0.1) is 13.8 Å². The van der Waals surface area contributed by atoms with Gasteiger partial charge in [-0.25, -0.2) is 10.2 Å². The number of benzene rings is 2. The monoisotopic (exact) mass is 400 g/mol. The molecule has 0 fully saturated rings. The molecule has 0 aliphatic carbocycles. The van der Waals surface area contributed by atoms with Gasteiger partial charge in [-0.1, -0.05) is 41.5 Å². The first-order valence-corrected chi connectivity index (χ1v) is 9.88. The summed E-state index contributed by atoms with van der Waals surface area (Å²) in [7, 11) is 1.30. The van der Waals surface area contributed by atoms with Crippen LogP contribution in [0.5, 0.6) is 5.75 Å². The van der Waals surface area contributed by atoms with Crippen LogP contribution in [-0.2, 0) is 20.1 Å². The van der Waals surface area contributed by atoms with Crippen LogP contribution in [0.25, 0.3) is 0 Å². The number of nitrogens with one attached hydrogen (secondary N) is 1. The molecule has 0 saturated heterocycles. The third-order valence-electron chi connectivity index (χ3n) is 3.63. The van der Waals surface area contributed by atoms with Gasteiger partial charge in [0.15, 0.2) is 6.61 Å². The van der Waals surface area contributed by atoms with E-state index in [1.54, 1.807) is 30.0 Å². The van der Waals surface area contributed by atoms with Crippen LogP contribution in [0.4, 0.5) is 0 Å². The minimum atomic E-state index is -0.454. The highest BCUT2D eigenvalue weighted by Crippen LogP contribution is 2.16. The summed E-state index contributed by atoms with van der Waals surface area (Å²) in [5, 5.41) is 3.96. The lowest BCUT2D eigenvalue weighted by molar-refractivity contribution is -0.142. The second-order valence-corrected chi connectivity index (χ2v) is 7.20. The predicted octanol–water partition coefficient (Wildman–Crippen LogP) is 3.24. The third-order valence-corrected chi connectivity index (χ3v) is 4.63. The van der Waals surface area contributed by atoms with Crippen LogP contribution in [0.15, 0.2) is 47.6 Å². The number of hydrogen-bond acceptors (Lipinski definition) is 6. The molecular weight excluding hydrogens is 376 g/mol. The Morgan fingerprint density at radius 2 is 1.89 bits per heavy atom. The topological polar surface area (TPSA) is 77.0 Å². The van der Waals surface area contributed by atoms with E-state index in [0.29, 0.717) is 11.5 Å². The van der Waals surface area contributed by atoms with Gasteiger partial charge in [-0.2, -0.15) is 5.10 Å². The van der Waals surface area contributed by atoms with Gasteiger partial charge in [0.25, 0.3) is 0 Å². The molecule has 1 amide bonds. The highest BCUT2D eigenvalue weighted by atomic mass is 32.2. The van der Waals surface area contributed by atoms with Gasteiger partial charge >= 0.3 is 5.97 Å². The van der Waals surface area contributed by atoms with Gasteiger partial charge in [-0.05, 0) is 37.1 Å². The zero-order chi connectivity index (χ0) is 20.4. The maximum Gasteiger partial charge on any atom is 0.343 e. The number of hydrogen-bond donors (Lipinski definition) is 1. The molecule has 0 aromatic heterocycles. The maximum atomic E-state index is 11.9. The number of methoxy groups -OCH3 is 1. The van der Waals surface area contributed by atoms with Crippen molar-refractivity contribution in [1.82, 2.24) is 5.43 Å². The number of esters is 1. The molecule has 7 heteroatoms. The Morgan fingerprint density at radius 3 is 2.61 bits per heavy atom. The Kier molecular flexibility index (Phi) is 8.55. The lowest BCUT2D eigenvalue weighted by Gasteiger charge is -2.05. The van der Waals surface area contributed by atoms with Crippen molar-refractivity contribution >= 4 is 29.9 Å². The van der Waals surface area contributed by atoms with Crippen molar-refractivity contribution in [2.45, 2.75) is 19.6 Å². The van der Waals surface area contributed by atoms with Crippen molar-refractivity contribution in [1.29, 1.82) is 0 Å². The first-order chi connectivity index (χ1) is 13.5. The number of nitrogens with zero attached hydrogens (tertiary/aromatic N) is 1. The lowest BCUT2D eigenvalue weighted by atomic mass is 10.1. The van der Waals surface area contributed by atoms with Gasteiger partial charge in [-0.15, -0.1) is 11.8 Å². The van der Waals surface area contributed by atoms with E-state index in [4.69, 9.17) is 4.74 Å². The summed E-state index contributed by atoms with van der Waals surface area (Å²) in [6.45, 7) is 3.97. The Hall–Kier alpha value is -2.80. The van der Waals surface area contributed by atoms with E-state index in [1.807, 2.05) is 6.07 Å². The van der Waals surface area contributed by atoms with E-state index in [1.165, 1.54) is 30.0 Å². The highest BCUT2D eigenvalue weighted by molar-refractivity contribution is 7.99. The van der Waals surface area contributed by atoms with E-state index in [9.17, 15) is 9.59 Å². The summed E-state index contributed by atoms with van der Waals surface area (Å²) in [4.78, 5) is 23.0. The van der Waals surface area contributed by atoms with Gasteiger partial charge in [-0.3, -0.25) is 4.79 Å². The molecule has 0 heterocycles. The molecule has 1 N–H and O–H groups in total. The van der Waals surface area contributed by atoms with Crippen LogP contribution in [-0.4, -0.2) is 37.6 Å².